The topological polar surface area (TPSA) is 64.1 Å². The first-order valence-electron chi connectivity index (χ1n) is 4.52. The fourth-order valence-electron chi connectivity index (χ4n) is 1.18. The van der Waals surface area contributed by atoms with Gasteiger partial charge in [-0.2, -0.15) is 0 Å². The molecule has 5 N–H and O–H groups in total. The van der Waals surface area contributed by atoms with Gasteiger partial charge in [-0.3, -0.25) is 0 Å². The molecule has 0 bridgehead atoms. The third-order valence-corrected chi connectivity index (χ3v) is 2.07. The number of aryl methyl sites for hydroxylation is 1. The van der Waals surface area contributed by atoms with Crippen molar-refractivity contribution in [3.63, 3.8) is 0 Å². The Morgan fingerprint density at radius 3 is 2.69 bits per heavy atom. The number of para-hydroxylation sites is 1. The molecule has 13 heavy (non-hydrogen) atoms. The number of hydrogen-bond donors (Lipinski definition) is 3. The third-order valence-electron chi connectivity index (χ3n) is 2.07. The zero-order valence-corrected chi connectivity index (χ0v) is 8.17. The van der Waals surface area contributed by atoms with Crippen molar-refractivity contribution in [1.82, 2.24) is 0 Å². The van der Waals surface area contributed by atoms with Crippen molar-refractivity contribution in [2.24, 2.45) is 5.73 Å². The number of rotatable bonds is 3. The van der Waals surface area contributed by atoms with Crippen molar-refractivity contribution in [1.29, 1.82) is 0 Å². The smallest absolute Gasteiger partial charge is 0.0741 e. The maximum Gasteiger partial charge on any atom is 0.0741 e. The van der Waals surface area contributed by atoms with Crippen LogP contribution in [0.25, 0.3) is 0 Å². The Morgan fingerprint density at radius 2 is 2.15 bits per heavy atom. The molecular formula is C10H17N3. The maximum atomic E-state index is 5.81. The lowest BCUT2D eigenvalue weighted by molar-refractivity contribution is 0.729. The van der Waals surface area contributed by atoms with Crippen molar-refractivity contribution >= 4 is 11.4 Å². The van der Waals surface area contributed by atoms with Crippen LogP contribution in [0.15, 0.2) is 18.2 Å². The molecule has 3 nitrogen and oxygen atoms in total. The highest BCUT2D eigenvalue weighted by Crippen LogP contribution is 2.22. The van der Waals surface area contributed by atoms with Gasteiger partial charge in [0, 0.05) is 0 Å². The Labute approximate surface area is 79.1 Å². The molecule has 1 aromatic rings. The van der Waals surface area contributed by atoms with Crippen LogP contribution in [-0.4, -0.2) is 6.17 Å². The van der Waals surface area contributed by atoms with E-state index < -0.39 is 0 Å². The summed E-state index contributed by atoms with van der Waals surface area (Å²) in [5.41, 5.74) is 14.4. The molecule has 0 radical (unpaired) electrons. The molecule has 0 fully saturated rings. The largest absolute Gasteiger partial charge is 0.397 e. The second-order valence-electron chi connectivity index (χ2n) is 3.20. The van der Waals surface area contributed by atoms with E-state index in [1.54, 1.807) is 0 Å². The summed E-state index contributed by atoms with van der Waals surface area (Å²) in [6.07, 6.45) is 0.858. The van der Waals surface area contributed by atoms with Crippen LogP contribution in [0.5, 0.6) is 0 Å². The van der Waals surface area contributed by atoms with Crippen LogP contribution in [-0.2, 0) is 0 Å². The molecule has 0 spiro atoms. The van der Waals surface area contributed by atoms with Gasteiger partial charge in [-0.25, -0.2) is 0 Å². The molecule has 0 saturated carbocycles. The van der Waals surface area contributed by atoms with Crippen LogP contribution in [0, 0.1) is 6.92 Å². The van der Waals surface area contributed by atoms with Gasteiger partial charge in [0.25, 0.3) is 0 Å². The molecule has 1 unspecified atom stereocenters. The molecule has 0 saturated heterocycles. The zero-order chi connectivity index (χ0) is 9.84. The van der Waals surface area contributed by atoms with Crippen molar-refractivity contribution in [2.75, 3.05) is 11.1 Å². The van der Waals surface area contributed by atoms with Crippen LogP contribution in [0.2, 0.25) is 0 Å². The summed E-state index contributed by atoms with van der Waals surface area (Å²) < 4.78 is 0. The number of nitrogens with one attached hydrogen (secondary N) is 1. The van der Waals surface area contributed by atoms with Crippen LogP contribution in [0.1, 0.15) is 18.9 Å². The van der Waals surface area contributed by atoms with Crippen LogP contribution in [0.4, 0.5) is 11.4 Å². The summed E-state index contributed by atoms with van der Waals surface area (Å²) in [6.45, 7) is 4.05. The van der Waals surface area contributed by atoms with E-state index in [0.717, 1.165) is 23.4 Å². The number of nitrogens with two attached hydrogens (primary N) is 2. The van der Waals surface area contributed by atoms with Crippen LogP contribution < -0.4 is 16.8 Å². The molecule has 0 aliphatic carbocycles. The van der Waals surface area contributed by atoms with Gasteiger partial charge in [-0.1, -0.05) is 19.1 Å². The summed E-state index contributed by atoms with van der Waals surface area (Å²) >= 11 is 0. The average Bonchev–Trinajstić information content (AvgIpc) is 2.11. The van der Waals surface area contributed by atoms with Gasteiger partial charge < -0.3 is 16.8 Å². The van der Waals surface area contributed by atoms with Crippen LogP contribution in [0.3, 0.4) is 0 Å². The van der Waals surface area contributed by atoms with E-state index in [0.29, 0.717) is 0 Å². The highest BCUT2D eigenvalue weighted by Gasteiger charge is 2.04. The summed E-state index contributed by atoms with van der Waals surface area (Å²) in [5, 5.41) is 3.18. The Morgan fingerprint density at radius 1 is 1.46 bits per heavy atom. The number of benzene rings is 1. The minimum Gasteiger partial charge on any atom is -0.397 e. The van der Waals surface area contributed by atoms with Gasteiger partial charge >= 0.3 is 0 Å². The monoisotopic (exact) mass is 179 g/mol. The van der Waals surface area contributed by atoms with Gasteiger partial charge in [0.05, 0.1) is 17.5 Å². The average molecular weight is 179 g/mol. The van der Waals surface area contributed by atoms with Gasteiger partial charge in [-0.15, -0.1) is 0 Å². The Bertz CT molecular complexity index is 263. The first-order chi connectivity index (χ1) is 6.15. The number of hydrogen-bond acceptors (Lipinski definition) is 3. The molecule has 72 valence electrons. The minimum absolute atomic E-state index is 0.0246. The number of nitrogen functional groups attached to an aromatic ring is 1. The van der Waals surface area contributed by atoms with Crippen molar-refractivity contribution in [2.45, 2.75) is 26.4 Å². The first-order valence-corrected chi connectivity index (χ1v) is 4.52. The Hall–Kier alpha value is -1.22. The minimum atomic E-state index is -0.0246. The molecule has 1 aromatic carbocycles. The molecule has 0 aliphatic rings. The second kappa shape index (κ2) is 4.14. The van der Waals surface area contributed by atoms with E-state index in [1.165, 1.54) is 0 Å². The zero-order valence-electron chi connectivity index (χ0n) is 8.17. The highest BCUT2D eigenvalue weighted by molar-refractivity contribution is 5.70. The van der Waals surface area contributed by atoms with E-state index in [-0.39, 0.29) is 6.17 Å². The summed E-state index contributed by atoms with van der Waals surface area (Å²) in [4.78, 5) is 0. The lowest BCUT2D eigenvalue weighted by Crippen LogP contribution is -2.29. The predicted molar refractivity (Wildman–Crippen MR) is 57.5 cm³/mol. The molecule has 0 aliphatic heterocycles. The molecule has 1 atom stereocenters. The standard InChI is InChI=1S/C10H17N3/c1-3-9(12)13-10-7(2)5-4-6-8(10)11/h4-6,9,13H,3,11-12H2,1-2H3. The van der Waals surface area contributed by atoms with E-state index in [1.807, 2.05) is 32.0 Å². The fourth-order valence-corrected chi connectivity index (χ4v) is 1.18. The van der Waals surface area contributed by atoms with Crippen molar-refractivity contribution < 1.29 is 0 Å². The first kappa shape index (κ1) is 9.86. The van der Waals surface area contributed by atoms with Gasteiger partial charge in [0.15, 0.2) is 0 Å². The number of anilines is 2. The molecule has 0 aromatic heterocycles. The predicted octanol–water partition coefficient (Wildman–Crippen LogP) is 1.68. The lowest BCUT2D eigenvalue weighted by atomic mass is 10.1. The van der Waals surface area contributed by atoms with E-state index >= 15 is 0 Å². The quantitative estimate of drug-likeness (QED) is 0.488. The highest BCUT2D eigenvalue weighted by atomic mass is 15.0. The van der Waals surface area contributed by atoms with E-state index in [4.69, 9.17) is 11.5 Å². The van der Waals surface area contributed by atoms with E-state index in [2.05, 4.69) is 5.32 Å². The molecule has 1 rings (SSSR count). The normalized spacial score (nSPS) is 12.5. The van der Waals surface area contributed by atoms with Crippen molar-refractivity contribution in [3.05, 3.63) is 23.8 Å². The fraction of sp³-hybridized carbons (Fsp3) is 0.400. The lowest BCUT2D eigenvalue weighted by Gasteiger charge is -2.16. The maximum absolute atomic E-state index is 5.81. The summed E-state index contributed by atoms with van der Waals surface area (Å²) in [6, 6.07) is 5.83. The van der Waals surface area contributed by atoms with Gasteiger partial charge in [0.2, 0.25) is 0 Å². The van der Waals surface area contributed by atoms with Crippen molar-refractivity contribution in [3.8, 4) is 0 Å². The molecule has 0 heterocycles. The van der Waals surface area contributed by atoms with Gasteiger partial charge in [-0.05, 0) is 25.0 Å². The summed E-state index contributed by atoms with van der Waals surface area (Å²) in [7, 11) is 0. The Balaban J connectivity index is 2.87. The third kappa shape index (κ3) is 2.36. The van der Waals surface area contributed by atoms with Gasteiger partial charge in [0.1, 0.15) is 0 Å². The molecule has 3 heteroatoms. The SMILES string of the molecule is CCC(N)Nc1c(C)cccc1N. The molecular weight excluding hydrogens is 162 g/mol. The Kier molecular flexibility index (Phi) is 3.14. The van der Waals surface area contributed by atoms with E-state index in [9.17, 15) is 0 Å². The summed E-state index contributed by atoms with van der Waals surface area (Å²) in [5.74, 6) is 0. The molecule has 0 amide bonds. The van der Waals surface area contributed by atoms with Crippen LogP contribution >= 0.6 is 0 Å². The second-order valence-corrected chi connectivity index (χ2v) is 3.20.